The minimum atomic E-state index is -0.715. The standard InChI is InChI=1S/C12H8BrClO3S/c13-7-3-6(4-8-12(7)17-5-16-8)11(15)9-1-2-10(14)18-9/h1-4,11,15H,5H2. The summed E-state index contributed by atoms with van der Waals surface area (Å²) in [6.45, 7) is 0.207. The molecule has 1 aliphatic rings. The molecule has 0 saturated heterocycles. The van der Waals surface area contributed by atoms with Crippen LogP contribution in [0.3, 0.4) is 0 Å². The largest absolute Gasteiger partial charge is 0.454 e. The lowest BCUT2D eigenvalue weighted by atomic mass is 10.1. The Hall–Kier alpha value is -0.750. The molecule has 18 heavy (non-hydrogen) atoms. The number of rotatable bonds is 2. The van der Waals surface area contributed by atoms with E-state index in [1.165, 1.54) is 11.3 Å². The molecule has 0 radical (unpaired) electrons. The van der Waals surface area contributed by atoms with Crippen molar-refractivity contribution in [3.05, 3.63) is 43.5 Å². The average Bonchev–Trinajstić information content (AvgIpc) is 2.96. The van der Waals surface area contributed by atoms with Crippen LogP contribution in [-0.4, -0.2) is 11.9 Å². The summed E-state index contributed by atoms with van der Waals surface area (Å²) in [7, 11) is 0. The van der Waals surface area contributed by atoms with Crippen LogP contribution < -0.4 is 9.47 Å². The van der Waals surface area contributed by atoms with Gasteiger partial charge in [0.1, 0.15) is 6.10 Å². The first kappa shape index (κ1) is 12.3. The van der Waals surface area contributed by atoms with Gasteiger partial charge in [-0.25, -0.2) is 0 Å². The molecule has 0 amide bonds. The third-order valence-electron chi connectivity index (χ3n) is 2.63. The van der Waals surface area contributed by atoms with E-state index in [0.29, 0.717) is 15.8 Å². The molecular formula is C12H8BrClO3S. The van der Waals surface area contributed by atoms with Gasteiger partial charge in [0.2, 0.25) is 6.79 Å². The van der Waals surface area contributed by atoms with Crippen LogP contribution in [0.5, 0.6) is 11.5 Å². The lowest BCUT2D eigenvalue weighted by Gasteiger charge is -2.10. The third kappa shape index (κ3) is 2.12. The molecule has 1 aromatic heterocycles. The third-order valence-corrected chi connectivity index (χ3v) is 4.50. The van der Waals surface area contributed by atoms with E-state index in [9.17, 15) is 5.11 Å². The Morgan fingerprint density at radius 1 is 1.33 bits per heavy atom. The van der Waals surface area contributed by atoms with E-state index in [1.807, 2.05) is 12.1 Å². The normalized spacial score (nSPS) is 14.8. The Kier molecular flexibility index (Phi) is 3.23. The maximum absolute atomic E-state index is 10.3. The molecule has 6 heteroatoms. The molecule has 0 aliphatic carbocycles. The molecule has 1 N–H and O–H groups in total. The summed E-state index contributed by atoms with van der Waals surface area (Å²) in [5.41, 5.74) is 0.740. The maximum atomic E-state index is 10.3. The average molecular weight is 348 g/mol. The Balaban J connectivity index is 2.00. The number of aliphatic hydroxyl groups excluding tert-OH is 1. The summed E-state index contributed by atoms with van der Waals surface area (Å²) in [5.74, 6) is 1.32. The highest BCUT2D eigenvalue weighted by Crippen LogP contribution is 2.42. The summed E-state index contributed by atoms with van der Waals surface area (Å²) >= 11 is 10.6. The van der Waals surface area contributed by atoms with E-state index in [4.69, 9.17) is 21.1 Å². The first-order valence-electron chi connectivity index (χ1n) is 5.17. The van der Waals surface area contributed by atoms with Crippen molar-refractivity contribution in [1.29, 1.82) is 0 Å². The molecule has 1 unspecified atom stereocenters. The predicted octanol–water partition coefficient (Wildman–Crippen LogP) is 3.97. The van der Waals surface area contributed by atoms with Crippen molar-refractivity contribution in [3.63, 3.8) is 0 Å². The van der Waals surface area contributed by atoms with Gasteiger partial charge in [0.05, 0.1) is 8.81 Å². The number of fused-ring (bicyclic) bond motifs is 1. The first-order chi connectivity index (χ1) is 8.65. The Labute approximate surface area is 121 Å². The van der Waals surface area contributed by atoms with Crippen LogP contribution in [0.25, 0.3) is 0 Å². The highest BCUT2D eigenvalue weighted by atomic mass is 79.9. The van der Waals surface area contributed by atoms with Crippen LogP contribution in [0.2, 0.25) is 4.34 Å². The smallest absolute Gasteiger partial charge is 0.231 e. The zero-order valence-electron chi connectivity index (χ0n) is 9.02. The van der Waals surface area contributed by atoms with E-state index >= 15 is 0 Å². The van der Waals surface area contributed by atoms with E-state index < -0.39 is 6.10 Å². The quantitative estimate of drug-likeness (QED) is 0.893. The fourth-order valence-corrected chi connectivity index (χ4v) is 3.43. The van der Waals surface area contributed by atoms with Gasteiger partial charge in [-0.1, -0.05) is 11.6 Å². The van der Waals surface area contributed by atoms with Crippen LogP contribution in [0.4, 0.5) is 0 Å². The zero-order valence-corrected chi connectivity index (χ0v) is 12.2. The van der Waals surface area contributed by atoms with Crippen LogP contribution in [0.15, 0.2) is 28.7 Å². The topological polar surface area (TPSA) is 38.7 Å². The van der Waals surface area contributed by atoms with Crippen molar-refractivity contribution in [1.82, 2.24) is 0 Å². The van der Waals surface area contributed by atoms with Gasteiger partial charge in [0.25, 0.3) is 0 Å². The molecule has 0 spiro atoms. The number of ether oxygens (including phenoxy) is 2. The van der Waals surface area contributed by atoms with Gasteiger partial charge in [-0.05, 0) is 45.8 Å². The minimum absolute atomic E-state index is 0.207. The lowest BCUT2D eigenvalue weighted by Crippen LogP contribution is -1.97. The number of aliphatic hydroxyl groups is 1. The van der Waals surface area contributed by atoms with Crippen LogP contribution in [0.1, 0.15) is 16.5 Å². The molecule has 1 aromatic carbocycles. The van der Waals surface area contributed by atoms with Crippen molar-refractivity contribution < 1.29 is 14.6 Å². The molecule has 2 heterocycles. The van der Waals surface area contributed by atoms with Gasteiger partial charge in [-0.3, -0.25) is 0 Å². The second kappa shape index (κ2) is 4.74. The summed E-state index contributed by atoms with van der Waals surface area (Å²) in [4.78, 5) is 0.797. The van der Waals surface area contributed by atoms with Gasteiger partial charge < -0.3 is 14.6 Å². The number of benzene rings is 1. The van der Waals surface area contributed by atoms with Crippen molar-refractivity contribution in [3.8, 4) is 11.5 Å². The molecule has 1 aliphatic heterocycles. The fourth-order valence-electron chi connectivity index (χ4n) is 1.78. The molecule has 3 nitrogen and oxygen atoms in total. The van der Waals surface area contributed by atoms with Gasteiger partial charge in [-0.15, -0.1) is 11.3 Å². The van der Waals surface area contributed by atoms with Crippen molar-refractivity contribution in [2.75, 3.05) is 6.79 Å². The van der Waals surface area contributed by atoms with E-state index in [-0.39, 0.29) is 6.79 Å². The van der Waals surface area contributed by atoms with Crippen molar-refractivity contribution in [2.45, 2.75) is 6.10 Å². The number of halogens is 2. The second-order valence-electron chi connectivity index (χ2n) is 3.78. The monoisotopic (exact) mass is 346 g/mol. The molecule has 0 bridgehead atoms. The van der Waals surface area contributed by atoms with Crippen molar-refractivity contribution >= 4 is 38.9 Å². The molecule has 3 rings (SSSR count). The lowest BCUT2D eigenvalue weighted by molar-refractivity contribution is 0.173. The van der Waals surface area contributed by atoms with E-state index in [0.717, 1.165) is 14.9 Å². The molecule has 0 saturated carbocycles. The summed E-state index contributed by atoms with van der Waals surface area (Å²) < 4.78 is 12.1. The van der Waals surface area contributed by atoms with Gasteiger partial charge >= 0.3 is 0 Å². The first-order valence-corrected chi connectivity index (χ1v) is 7.16. The number of hydrogen-bond acceptors (Lipinski definition) is 4. The maximum Gasteiger partial charge on any atom is 0.231 e. The Morgan fingerprint density at radius 3 is 2.89 bits per heavy atom. The van der Waals surface area contributed by atoms with Crippen LogP contribution >= 0.6 is 38.9 Å². The van der Waals surface area contributed by atoms with Gasteiger partial charge in [0, 0.05) is 4.88 Å². The SMILES string of the molecule is OC(c1cc(Br)c2c(c1)OCO2)c1ccc(Cl)s1. The minimum Gasteiger partial charge on any atom is -0.454 e. The second-order valence-corrected chi connectivity index (χ2v) is 6.38. The van der Waals surface area contributed by atoms with Gasteiger partial charge in [-0.2, -0.15) is 0 Å². The molecule has 1 atom stereocenters. The number of hydrogen-bond donors (Lipinski definition) is 1. The van der Waals surface area contributed by atoms with E-state index in [1.54, 1.807) is 12.1 Å². The zero-order chi connectivity index (χ0) is 12.7. The molecular weight excluding hydrogens is 340 g/mol. The fraction of sp³-hybridized carbons (Fsp3) is 0.167. The van der Waals surface area contributed by atoms with Crippen LogP contribution in [0, 0.1) is 0 Å². The number of thiophene rings is 1. The van der Waals surface area contributed by atoms with Crippen LogP contribution in [-0.2, 0) is 0 Å². The summed E-state index contributed by atoms with van der Waals surface area (Å²) in [6, 6.07) is 7.19. The molecule has 0 fully saturated rings. The summed E-state index contributed by atoms with van der Waals surface area (Å²) in [5, 5.41) is 10.3. The Bertz CT molecular complexity index is 599. The predicted molar refractivity (Wildman–Crippen MR) is 73.7 cm³/mol. The highest BCUT2D eigenvalue weighted by Gasteiger charge is 2.21. The Morgan fingerprint density at radius 2 is 2.17 bits per heavy atom. The highest BCUT2D eigenvalue weighted by molar-refractivity contribution is 9.10. The van der Waals surface area contributed by atoms with E-state index in [2.05, 4.69) is 15.9 Å². The summed E-state index contributed by atoms with van der Waals surface area (Å²) in [6.07, 6.45) is -0.715. The molecule has 2 aromatic rings. The van der Waals surface area contributed by atoms with Crippen molar-refractivity contribution in [2.24, 2.45) is 0 Å². The molecule has 94 valence electrons. The van der Waals surface area contributed by atoms with Gasteiger partial charge in [0.15, 0.2) is 11.5 Å².